The van der Waals surface area contributed by atoms with Crippen LogP contribution in [-0.2, 0) is 6.54 Å². The van der Waals surface area contributed by atoms with Crippen molar-refractivity contribution in [3.63, 3.8) is 0 Å². The molecule has 6 heteroatoms. The first-order valence-corrected chi connectivity index (χ1v) is 6.82. The predicted octanol–water partition coefficient (Wildman–Crippen LogP) is 2.23. The lowest BCUT2D eigenvalue weighted by Crippen LogP contribution is -2.37. The molecule has 0 aromatic carbocycles. The van der Waals surface area contributed by atoms with Gasteiger partial charge in [0, 0.05) is 27.2 Å². The lowest BCUT2D eigenvalue weighted by Gasteiger charge is -2.12. The fraction of sp³-hybridized carbons (Fsp3) is 0.571. The minimum Gasteiger partial charge on any atom is -0.363 e. The first-order valence-electron chi connectivity index (χ1n) is 6.82. The Morgan fingerprint density at radius 1 is 1.25 bits per heavy atom. The highest BCUT2D eigenvalue weighted by molar-refractivity contribution is 14.0. The molecular formula is C14H26IN5. The van der Waals surface area contributed by atoms with E-state index < -0.39 is 0 Å². The van der Waals surface area contributed by atoms with E-state index in [9.17, 15) is 0 Å². The van der Waals surface area contributed by atoms with Crippen LogP contribution in [-0.4, -0.2) is 38.1 Å². The van der Waals surface area contributed by atoms with Gasteiger partial charge in [0.1, 0.15) is 5.82 Å². The Balaban J connectivity index is 0.00000361. The summed E-state index contributed by atoms with van der Waals surface area (Å²) in [6, 6.07) is 6.01. The van der Waals surface area contributed by atoms with Gasteiger partial charge in [-0.3, -0.25) is 0 Å². The van der Waals surface area contributed by atoms with Crippen LogP contribution >= 0.6 is 24.0 Å². The molecule has 2 N–H and O–H groups in total. The zero-order chi connectivity index (χ0) is 14.1. The number of pyridine rings is 1. The van der Waals surface area contributed by atoms with Gasteiger partial charge >= 0.3 is 0 Å². The predicted molar refractivity (Wildman–Crippen MR) is 97.1 cm³/mol. The van der Waals surface area contributed by atoms with Crippen LogP contribution in [0.2, 0.25) is 0 Å². The lowest BCUT2D eigenvalue weighted by atomic mass is 10.3. The highest BCUT2D eigenvalue weighted by Gasteiger charge is 2.00. The molecule has 1 heterocycles. The van der Waals surface area contributed by atoms with E-state index in [0.29, 0.717) is 6.54 Å². The highest BCUT2D eigenvalue weighted by Crippen LogP contribution is 2.08. The molecule has 0 amide bonds. The molecule has 0 radical (unpaired) electrons. The van der Waals surface area contributed by atoms with Crippen LogP contribution in [0.1, 0.15) is 26.0 Å². The van der Waals surface area contributed by atoms with Crippen LogP contribution in [0, 0.1) is 0 Å². The number of aromatic nitrogens is 1. The van der Waals surface area contributed by atoms with Crippen molar-refractivity contribution in [1.82, 2.24) is 15.6 Å². The largest absolute Gasteiger partial charge is 0.363 e. The fourth-order valence-corrected chi connectivity index (χ4v) is 1.55. The summed E-state index contributed by atoms with van der Waals surface area (Å²) < 4.78 is 0. The molecule has 0 atom stereocenters. The molecule has 1 rings (SSSR count). The van der Waals surface area contributed by atoms with Crippen molar-refractivity contribution >= 4 is 35.8 Å². The van der Waals surface area contributed by atoms with Gasteiger partial charge in [-0.05, 0) is 25.5 Å². The Hall–Kier alpha value is -1.05. The molecule has 1 aromatic heterocycles. The number of nitrogens with zero attached hydrogens (tertiary/aromatic N) is 3. The maximum absolute atomic E-state index is 4.55. The van der Waals surface area contributed by atoms with Crippen molar-refractivity contribution < 1.29 is 0 Å². The van der Waals surface area contributed by atoms with E-state index in [0.717, 1.165) is 37.0 Å². The normalized spacial score (nSPS) is 10.7. The zero-order valence-electron chi connectivity index (χ0n) is 12.8. The van der Waals surface area contributed by atoms with Crippen molar-refractivity contribution in [2.45, 2.75) is 26.8 Å². The van der Waals surface area contributed by atoms with Crippen LogP contribution in [0.25, 0.3) is 0 Å². The fourth-order valence-electron chi connectivity index (χ4n) is 1.55. The van der Waals surface area contributed by atoms with Crippen LogP contribution in [0.4, 0.5) is 5.82 Å². The van der Waals surface area contributed by atoms with Gasteiger partial charge in [-0.15, -0.1) is 24.0 Å². The van der Waals surface area contributed by atoms with Gasteiger partial charge in [-0.1, -0.05) is 13.0 Å². The average Bonchev–Trinajstić information content (AvgIpc) is 2.42. The Kier molecular flexibility index (Phi) is 10.1. The van der Waals surface area contributed by atoms with Crippen molar-refractivity contribution in [1.29, 1.82) is 0 Å². The number of nitrogens with one attached hydrogen (secondary N) is 2. The molecule has 0 aliphatic carbocycles. The number of hydrogen-bond acceptors (Lipinski definition) is 3. The van der Waals surface area contributed by atoms with Gasteiger partial charge in [0.15, 0.2) is 5.96 Å². The van der Waals surface area contributed by atoms with E-state index in [-0.39, 0.29) is 24.0 Å². The van der Waals surface area contributed by atoms with Crippen LogP contribution < -0.4 is 15.5 Å². The second-order valence-corrected chi connectivity index (χ2v) is 4.50. The molecule has 0 bridgehead atoms. The molecule has 0 aliphatic heterocycles. The highest BCUT2D eigenvalue weighted by atomic mass is 127. The first kappa shape index (κ1) is 18.9. The number of rotatable bonds is 6. The minimum atomic E-state index is 0. The third kappa shape index (κ3) is 6.93. The number of hydrogen-bond donors (Lipinski definition) is 2. The van der Waals surface area contributed by atoms with E-state index in [1.807, 2.05) is 37.2 Å². The van der Waals surface area contributed by atoms with Gasteiger partial charge in [0.05, 0.1) is 12.2 Å². The van der Waals surface area contributed by atoms with Crippen LogP contribution in [0.3, 0.4) is 0 Å². The summed E-state index contributed by atoms with van der Waals surface area (Å²) in [5.41, 5.74) is 0.972. The average molecular weight is 391 g/mol. The standard InChI is InChI=1S/C14H25N5.HI/c1-5-10-16-14(15-6-2)17-11-12-8-7-9-13(18-12)19(3)4;/h7-9H,5-6,10-11H2,1-4H3,(H2,15,16,17);1H. The molecule has 0 saturated heterocycles. The molecule has 114 valence electrons. The second kappa shape index (κ2) is 10.7. The van der Waals surface area contributed by atoms with E-state index in [4.69, 9.17) is 0 Å². The molecule has 0 fully saturated rings. The molecular weight excluding hydrogens is 365 g/mol. The van der Waals surface area contributed by atoms with E-state index in [1.54, 1.807) is 0 Å². The summed E-state index contributed by atoms with van der Waals surface area (Å²) in [5.74, 6) is 1.81. The number of guanidine groups is 1. The molecule has 0 saturated carbocycles. The summed E-state index contributed by atoms with van der Waals surface area (Å²) in [5, 5.41) is 6.50. The maximum atomic E-state index is 4.55. The van der Waals surface area contributed by atoms with Crippen LogP contribution in [0.15, 0.2) is 23.2 Å². The van der Waals surface area contributed by atoms with E-state index >= 15 is 0 Å². The van der Waals surface area contributed by atoms with Crippen molar-refractivity contribution in [3.8, 4) is 0 Å². The van der Waals surface area contributed by atoms with Gasteiger partial charge < -0.3 is 15.5 Å². The number of halogens is 1. The van der Waals surface area contributed by atoms with E-state index in [2.05, 4.69) is 34.5 Å². The minimum absolute atomic E-state index is 0. The number of anilines is 1. The second-order valence-electron chi connectivity index (χ2n) is 4.50. The van der Waals surface area contributed by atoms with Gasteiger partial charge in [0.2, 0.25) is 0 Å². The van der Waals surface area contributed by atoms with Crippen molar-refractivity contribution in [2.75, 3.05) is 32.1 Å². The Morgan fingerprint density at radius 2 is 2.00 bits per heavy atom. The monoisotopic (exact) mass is 391 g/mol. The molecule has 5 nitrogen and oxygen atoms in total. The van der Waals surface area contributed by atoms with Crippen molar-refractivity contribution in [2.24, 2.45) is 4.99 Å². The van der Waals surface area contributed by atoms with Crippen molar-refractivity contribution in [3.05, 3.63) is 23.9 Å². The third-order valence-electron chi connectivity index (χ3n) is 2.54. The lowest BCUT2D eigenvalue weighted by molar-refractivity contribution is 0.783. The first-order chi connectivity index (χ1) is 9.17. The van der Waals surface area contributed by atoms with Gasteiger partial charge in [0.25, 0.3) is 0 Å². The molecule has 0 aliphatic rings. The summed E-state index contributed by atoms with van der Waals surface area (Å²) >= 11 is 0. The summed E-state index contributed by atoms with van der Waals surface area (Å²) in [6.07, 6.45) is 1.08. The van der Waals surface area contributed by atoms with Crippen LogP contribution in [0.5, 0.6) is 0 Å². The SMILES string of the molecule is CCCNC(=NCc1cccc(N(C)C)n1)NCC.I. The topological polar surface area (TPSA) is 52.6 Å². The maximum Gasteiger partial charge on any atom is 0.191 e. The smallest absolute Gasteiger partial charge is 0.191 e. The Morgan fingerprint density at radius 3 is 2.60 bits per heavy atom. The van der Waals surface area contributed by atoms with Gasteiger partial charge in [-0.2, -0.15) is 0 Å². The molecule has 1 aromatic rings. The Bertz CT molecular complexity index is 406. The number of aliphatic imine (C=N–C) groups is 1. The summed E-state index contributed by atoms with van der Waals surface area (Å²) in [4.78, 5) is 11.1. The molecule has 0 unspecified atom stereocenters. The molecule has 0 spiro atoms. The third-order valence-corrected chi connectivity index (χ3v) is 2.54. The Labute approximate surface area is 139 Å². The summed E-state index contributed by atoms with van der Waals surface area (Å²) in [6.45, 7) is 6.57. The quantitative estimate of drug-likeness (QED) is 0.444. The van der Waals surface area contributed by atoms with Gasteiger partial charge in [-0.25, -0.2) is 9.98 Å². The summed E-state index contributed by atoms with van der Waals surface area (Å²) in [7, 11) is 3.98. The van der Waals surface area contributed by atoms with E-state index in [1.165, 1.54) is 0 Å². The molecule has 20 heavy (non-hydrogen) atoms. The zero-order valence-corrected chi connectivity index (χ0v) is 15.1.